The van der Waals surface area contributed by atoms with Gasteiger partial charge in [-0.1, -0.05) is 53.3 Å². The number of rotatable bonds is 6. The summed E-state index contributed by atoms with van der Waals surface area (Å²) in [6, 6.07) is 15.2. The first-order valence-corrected chi connectivity index (χ1v) is 10.4. The van der Waals surface area contributed by atoms with E-state index in [1.54, 1.807) is 0 Å². The van der Waals surface area contributed by atoms with Crippen molar-refractivity contribution in [3.63, 3.8) is 0 Å². The van der Waals surface area contributed by atoms with Gasteiger partial charge in [-0.3, -0.25) is 10.1 Å². The quantitative estimate of drug-likeness (QED) is 0.658. The molecule has 7 nitrogen and oxygen atoms in total. The molecule has 3 rings (SSSR count). The Morgan fingerprint density at radius 3 is 2.44 bits per heavy atom. The Bertz CT molecular complexity index is 1040. The molecule has 0 unspecified atom stereocenters. The van der Waals surface area contributed by atoms with Crippen LogP contribution < -0.4 is 5.32 Å². The van der Waals surface area contributed by atoms with Gasteiger partial charge in [-0.25, -0.2) is 8.42 Å². The number of carbonyl (C=O) groups excluding carboxylic acids is 1. The highest BCUT2D eigenvalue weighted by molar-refractivity contribution is 7.89. The van der Waals surface area contributed by atoms with Crippen molar-refractivity contribution < 1.29 is 13.2 Å². The number of anilines is 1. The van der Waals surface area contributed by atoms with Crippen LogP contribution in [0.5, 0.6) is 0 Å². The molecule has 1 heterocycles. The smallest absolute Gasteiger partial charge is 0.243 e. The molecule has 140 valence electrons. The maximum atomic E-state index is 12.5. The van der Waals surface area contributed by atoms with Gasteiger partial charge in [-0.05, 0) is 24.3 Å². The molecule has 0 aliphatic rings. The Labute approximate surface area is 165 Å². The lowest BCUT2D eigenvalue weighted by molar-refractivity contribution is -0.116. The lowest BCUT2D eigenvalue weighted by Gasteiger charge is -2.16. The van der Waals surface area contributed by atoms with Crippen LogP contribution >= 0.6 is 22.9 Å². The summed E-state index contributed by atoms with van der Waals surface area (Å²) in [6.07, 6.45) is 0. The first-order chi connectivity index (χ1) is 12.9. The molecule has 0 aliphatic carbocycles. The van der Waals surface area contributed by atoms with E-state index in [1.165, 1.54) is 42.6 Å². The minimum absolute atomic E-state index is 0.0597. The predicted molar refractivity (Wildman–Crippen MR) is 105 cm³/mol. The van der Waals surface area contributed by atoms with E-state index in [1.807, 2.05) is 30.3 Å². The maximum absolute atomic E-state index is 12.5. The zero-order chi connectivity index (χ0) is 19.4. The van der Waals surface area contributed by atoms with Gasteiger partial charge in [0.05, 0.1) is 11.4 Å². The molecule has 0 spiro atoms. The fourth-order valence-electron chi connectivity index (χ4n) is 2.20. The van der Waals surface area contributed by atoms with Crippen molar-refractivity contribution in [2.45, 2.75) is 4.90 Å². The van der Waals surface area contributed by atoms with E-state index in [0.29, 0.717) is 15.2 Å². The topological polar surface area (TPSA) is 92.3 Å². The Hall–Kier alpha value is -2.33. The normalized spacial score (nSPS) is 11.5. The van der Waals surface area contributed by atoms with Crippen LogP contribution in [0.4, 0.5) is 5.13 Å². The third-order valence-corrected chi connectivity index (χ3v) is 6.54. The van der Waals surface area contributed by atoms with E-state index in [2.05, 4.69) is 15.5 Å². The molecule has 1 aromatic heterocycles. The third kappa shape index (κ3) is 4.69. The van der Waals surface area contributed by atoms with Crippen LogP contribution in [0, 0.1) is 0 Å². The molecule has 0 bridgehead atoms. The third-order valence-electron chi connectivity index (χ3n) is 3.58. The van der Waals surface area contributed by atoms with E-state index in [0.717, 1.165) is 9.87 Å². The number of sulfonamides is 1. The second kappa shape index (κ2) is 8.13. The average molecular weight is 423 g/mol. The van der Waals surface area contributed by atoms with Gasteiger partial charge in [-0.2, -0.15) is 4.31 Å². The summed E-state index contributed by atoms with van der Waals surface area (Å²) >= 11 is 6.99. The van der Waals surface area contributed by atoms with Crippen molar-refractivity contribution in [2.24, 2.45) is 0 Å². The van der Waals surface area contributed by atoms with Crippen molar-refractivity contribution in [2.75, 3.05) is 18.9 Å². The van der Waals surface area contributed by atoms with Crippen molar-refractivity contribution >= 4 is 44.0 Å². The summed E-state index contributed by atoms with van der Waals surface area (Å²) < 4.78 is 26.0. The second-order valence-electron chi connectivity index (χ2n) is 5.54. The Morgan fingerprint density at radius 2 is 1.78 bits per heavy atom. The molecule has 1 amide bonds. The van der Waals surface area contributed by atoms with Gasteiger partial charge in [0.2, 0.25) is 21.1 Å². The average Bonchev–Trinajstić information content (AvgIpc) is 3.11. The number of carbonyl (C=O) groups is 1. The molecule has 0 atom stereocenters. The molecule has 0 aliphatic heterocycles. The Balaban J connectivity index is 1.65. The fourth-order valence-corrected chi connectivity index (χ4v) is 4.22. The molecular formula is C17H15ClN4O3S2. The zero-order valence-electron chi connectivity index (χ0n) is 14.2. The Morgan fingerprint density at radius 1 is 1.11 bits per heavy atom. The standard InChI is InChI=1S/C17H15ClN4O3S2/c1-22(27(24,25)14-9-7-13(18)8-10-14)11-15(23)19-17-21-20-16(26-17)12-5-3-2-4-6-12/h2-10H,11H2,1H3,(H,19,21,23). The van der Waals surface area contributed by atoms with Crippen molar-refractivity contribution in [1.82, 2.24) is 14.5 Å². The van der Waals surface area contributed by atoms with Gasteiger partial charge in [-0.15, -0.1) is 10.2 Å². The largest absolute Gasteiger partial charge is 0.299 e. The molecule has 27 heavy (non-hydrogen) atoms. The number of nitrogens with one attached hydrogen (secondary N) is 1. The molecule has 0 fully saturated rings. The van der Waals surface area contributed by atoms with Gasteiger partial charge < -0.3 is 0 Å². The number of nitrogens with zero attached hydrogens (tertiary/aromatic N) is 3. The van der Waals surface area contributed by atoms with Gasteiger partial charge >= 0.3 is 0 Å². The van der Waals surface area contributed by atoms with Gasteiger partial charge in [0, 0.05) is 17.6 Å². The zero-order valence-corrected chi connectivity index (χ0v) is 16.6. The highest BCUT2D eigenvalue weighted by Gasteiger charge is 2.23. The minimum atomic E-state index is -3.80. The van der Waals surface area contributed by atoms with Crippen molar-refractivity contribution in [1.29, 1.82) is 0 Å². The minimum Gasteiger partial charge on any atom is -0.299 e. The number of likely N-dealkylation sites (N-methyl/N-ethyl adjacent to an activating group) is 1. The lowest BCUT2D eigenvalue weighted by Crippen LogP contribution is -2.34. The van der Waals surface area contributed by atoms with Crippen LogP contribution in [-0.4, -0.2) is 42.4 Å². The van der Waals surface area contributed by atoms with Crippen LogP contribution in [0.25, 0.3) is 10.6 Å². The summed E-state index contributed by atoms with van der Waals surface area (Å²) in [6.45, 7) is -0.356. The van der Waals surface area contributed by atoms with Crippen LogP contribution in [0.15, 0.2) is 59.5 Å². The predicted octanol–water partition coefficient (Wildman–Crippen LogP) is 3.12. The number of benzene rings is 2. The van der Waals surface area contributed by atoms with E-state index < -0.39 is 15.9 Å². The molecule has 3 aromatic rings. The van der Waals surface area contributed by atoms with Crippen LogP contribution in [0.3, 0.4) is 0 Å². The number of aromatic nitrogens is 2. The summed E-state index contributed by atoms with van der Waals surface area (Å²) in [7, 11) is -2.47. The fraction of sp³-hybridized carbons (Fsp3) is 0.118. The monoisotopic (exact) mass is 422 g/mol. The summed E-state index contributed by atoms with van der Waals surface area (Å²) in [5.41, 5.74) is 0.887. The van der Waals surface area contributed by atoms with E-state index in [4.69, 9.17) is 11.6 Å². The number of hydrogen-bond acceptors (Lipinski definition) is 6. The van der Waals surface area contributed by atoms with Gasteiger partial charge in [0.15, 0.2) is 0 Å². The van der Waals surface area contributed by atoms with Crippen LogP contribution in [-0.2, 0) is 14.8 Å². The molecule has 0 saturated heterocycles. The highest BCUT2D eigenvalue weighted by Crippen LogP contribution is 2.26. The lowest BCUT2D eigenvalue weighted by atomic mass is 10.2. The van der Waals surface area contributed by atoms with E-state index in [-0.39, 0.29) is 11.4 Å². The van der Waals surface area contributed by atoms with E-state index in [9.17, 15) is 13.2 Å². The molecule has 2 aromatic carbocycles. The Kier molecular flexibility index (Phi) is 5.85. The first-order valence-electron chi connectivity index (χ1n) is 7.77. The molecular weight excluding hydrogens is 408 g/mol. The molecule has 10 heteroatoms. The van der Waals surface area contributed by atoms with Crippen LogP contribution in [0.2, 0.25) is 5.02 Å². The first kappa shape index (κ1) is 19.4. The number of hydrogen-bond donors (Lipinski definition) is 1. The number of amides is 1. The highest BCUT2D eigenvalue weighted by atomic mass is 35.5. The summed E-state index contributed by atoms with van der Waals surface area (Å²) in [5.74, 6) is -0.509. The SMILES string of the molecule is CN(CC(=O)Nc1nnc(-c2ccccc2)s1)S(=O)(=O)c1ccc(Cl)cc1. The van der Waals surface area contributed by atoms with E-state index >= 15 is 0 Å². The second-order valence-corrected chi connectivity index (χ2v) is 9.00. The summed E-state index contributed by atoms with van der Waals surface area (Å²) in [5, 5.41) is 11.9. The molecule has 1 N–H and O–H groups in total. The number of halogens is 1. The van der Waals surface area contributed by atoms with Crippen molar-refractivity contribution in [3.8, 4) is 10.6 Å². The van der Waals surface area contributed by atoms with Gasteiger partial charge in [0.1, 0.15) is 5.01 Å². The van der Waals surface area contributed by atoms with Crippen LogP contribution in [0.1, 0.15) is 0 Å². The molecule has 0 saturated carbocycles. The van der Waals surface area contributed by atoms with Crippen molar-refractivity contribution in [3.05, 3.63) is 59.6 Å². The summed E-state index contributed by atoms with van der Waals surface area (Å²) in [4.78, 5) is 12.3. The maximum Gasteiger partial charge on any atom is 0.243 e. The van der Waals surface area contributed by atoms with Gasteiger partial charge in [0.25, 0.3) is 0 Å². The molecule has 0 radical (unpaired) electrons.